The van der Waals surface area contributed by atoms with E-state index in [4.69, 9.17) is 16.3 Å². The van der Waals surface area contributed by atoms with Crippen molar-refractivity contribution >= 4 is 17.4 Å². The zero-order chi connectivity index (χ0) is 21.9. The summed E-state index contributed by atoms with van der Waals surface area (Å²) in [7, 11) is 0. The van der Waals surface area contributed by atoms with Gasteiger partial charge in [0.05, 0.1) is 22.6 Å². The van der Waals surface area contributed by atoms with Crippen molar-refractivity contribution in [3.63, 3.8) is 0 Å². The van der Waals surface area contributed by atoms with Crippen molar-refractivity contribution in [1.82, 2.24) is 19.4 Å². The van der Waals surface area contributed by atoms with E-state index in [0.717, 1.165) is 49.3 Å². The second-order valence-electron chi connectivity index (χ2n) is 8.43. The maximum Gasteiger partial charge on any atom is 0.258 e. The normalized spacial score (nSPS) is 16.8. The monoisotopic (exact) mass is 451 g/mol. The van der Waals surface area contributed by atoms with E-state index in [1.54, 1.807) is 41.4 Å². The molecule has 3 aromatic rings. The molecule has 0 radical (unpaired) electrons. The Morgan fingerprint density at radius 1 is 1.00 bits per heavy atom. The number of nitrogens with zero attached hydrogens (tertiary/aromatic N) is 5. The number of hydrogen-bond donors (Lipinski definition) is 0. The predicted molar refractivity (Wildman–Crippen MR) is 125 cm³/mol. The molecule has 0 atom stereocenters. The highest BCUT2D eigenvalue weighted by molar-refractivity contribution is 6.30. The van der Waals surface area contributed by atoms with Gasteiger partial charge in [-0.2, -0.15) is 0 Å². The molecule has 0 aromatic carbocycles. The van der Waals surface area contributed by atoms with E-state index in [1.165, 1.54) is 25.5 Å². The van der Waals surface area contributed by atoms with Crippen molar-refractivity contribution in [3.8, 4) is 11.4 Å². The van der Waals surface area contributed by atoms with Crippen LogP contribution in [0, 0.1) is 5.92 Å². The van der Waals surface area contributed by atoms with E-state index >= 15 is 0 Å². The van der Waals surface area contributed by atoms with Gasteiger partial charge in [0.1, 0.15) is 18.2 Å². The number of hydrogen-bond acceptors (Lipinski definition) is 6. The van der Waals surface area contributed by atoms with Crippen molar-refractivity contribution in [2.24, 2.45) is 5.92 Å². The van der Waals surface area contributed by atoms with Gasteiger partial charge in [0.25, 0.3) is 5.56 Å². The molecular formula is C24H26ClN5O2. The molecule has 1 aliphatic heterocycles. The molecule has 1 saturated heterocycles. The minimum Gasteiger partial charge on any atom is -0.487 e. The van der Waals surface area contributed by atoms with Gasteiger partial charge in [0, 0.05) is 51.2 Å². The summed E-state index contributed by atoms with van der Waals surface area (Å²) < 4.78 is 7.26. The van der Waals surface area contributed by atoms with Crippen LogP contribution in [0.2, 0.25) is 5.02 Å². The predicted octanol–water partition coefficient (Wildman–Crippen LogP) is 3.39. The molecule has 0 N–H and O–H groups in total. The Morgan fingerprint density at radius 3 is 2.50 bits per heavy atom. The first-order valence-corrected chi connectivity index (χ1v) is 11.4. The van der Waals surface area contributed by atoms with Crippen molar-refractivity contribution in [1.29, 1.82) is 0 Å². The maximum atomic E-state index is 12.6. The number of pyridine rings is 3. The second-order valence-corrected chi connectivity index (χ2v) is 8.87. The highest BCUT2D eigenvalue weighted by Crippen LogP contribution is 2.30. The van der Waals surface area contributed by atoms with Gasteiger partial charge in [-0.3, -0.25) is 19.2 Å². The van der Waals surface area contributed by atoms with Crippen molar-refractivity contribution in [2.45, 2.75) is 19.4 Å². The van der Waals surface area contributed by atoms with E-state index in [0.29, 0.717) is 10.8 Å². The van der Waals surface area contributed by atoms with Crippen LogP contribution in [0.15, 0.2) is 59.8 Å². The van der Waals surface area contributed by atoms with E-state index in [1.807, 2.05) is 12.1 Å². The zero-order valence-corrected chi connectivity index (χ0v) is 18.6. The van der Waals surface area contributed by atoms with E-state index < -0.39 is 0 Å². The second kappa shape index (κ2) is 9.30. The molecule has 1 saturated carbocycles. The summed E-state index contributed by atoms with van der Waals surface area (Å²) >= 11 is 5.85. The lowest BCUT2D eigenvalue weighted by Gasteiger charge is -2.35. The molecule has 3 aromatic heterocycles. The fourth-order valence-corrected chi connectivity index (χ4v) is 4.06. The van der Waals surface area contributed by atoms with E-state index in [2.05, 4.69) is 19.8 Å². The largest absolute Gasteiger partial charge is 0.487 e. The first kappa shape index (κ1) is 21.0. The summed E-state index contributed by atoms with van der Waals surface area (Å²) in [6.45, 7) is 5.68. The molecule has 4 heterocycles. The summed E-state index contributed by atoms with van der Waals surface area (Å²) in [5.41, 5.74) is 1.30. The Labute approximate surface area is 192 Å². The summed E-state index contributed by atoms with van der Waals surface area (Å²) in [6, 6.07) is 10.7. The molecule has 0 amide bonds. The highest BCUT2D eigenvalue weighted by Gasteiger charge is 2.26. The van der Waals surface area contributed by atoms with Crippen LogP contribution in [0.5, 0.6) is 5.75 Å². The lowest BCUT2D eigenvalue weighted by molar-refractivity contribution is 0.247. The first-order valence-electron chi connectivity index (χ1n) is 11.0. The molecule has 0 spiro atoms. The molecule has 7 nitrogen and oxygen atoms in total. The van der Waals surface area contributed by atoms with Crippen molar-refractivity contribution in [3.05, 3.63) is 76.1 Å². The molecule has 2 fully saturated rings. The van der Waals surface area contributed by atoms with Gasteiger partial charge in [0.15, 0.2) is 0 Å². The third kappa shape index (κ3) is 5.11. The Kier molecular flexibility index (Phi) is 6.10. The van der Waals surface area contributed by atoms with Crippen LogP contribution in [-0.4, -0.2) is 52.2 Å². The molecule has 5 rings (SSSR count). The Bertz CT molecular complexity index is 1100. The molecule has 0 unspecified atom stereocenters. The quantitative estimate of drug-likeness (QED) is 0.548. The maximum absolute atomic E-state index is 12.6. The third-order valence-corrected chi connectivity index (χ3v) is 6.21. The third-order valence-electron chi connectivity index (χ3n) is 5.99. The molecular weight excluding hydrogens is 426 g/mol. The van der Waals surface area contributed by atoms with Crippen LogP contribution in [0.1, 0.15) is 18.5 Å². The number of anilines is 1. The van der Waals surface area contributed by atoms with Crippen molar-refractivity contribution < 1.29 is 4.74 Å². The van der Waals surface area contributed by atoms with Gasteiger partial charge in [-0.1, -0.05) is 11.6 Å². The Hall–Kier alpha value is -2.90. The first-order chi connectivity index (χ1) is 15.6. The lowest BCUT2D eigenvalue weighted by atomic mass is 10.2. The molecule has 0 bridgehead atoms. The van der Waals surface area contributed by atoms with Crippen LogP contribution < -0.4 is 15.2 Å². The number of piperazine rings is 1. The number of aromatic nitrogens is 3. The molecule has 2 aliphatic rings. The minimum atomic E-state index is -0.171. The summed E-state index contributed by atoms with van der Waals surface area (Å²) in [6.07, 6.45) is 7.83. The van der Waals surface area contributed by atoms with Crippen LogP contribution in [-0.2, 0) is 6.61 Å². The molecule has 8 heteroatoms. The Morgan fingerprint density at radius 2 is 1.84 bits per heavy atom. The smallest absolute Gasteiger partial charge is 0.258 e. The Balaban J connectivity index is 1.20. The fraction of sp³-hybridized carbons (Fsp3) is 0.375. The number of ether oxygens (including phenoxy) is 1. The van der Waals surface area contributed by atoms with Gasteiger partial charge in [-0.25, -0.2) is 4.98 Å². The van der Waals surface area contributed by atoms with Gasteiger partial charge < -0.3 is 9.64 Å². The van der Waals surface area contributed by atoms with Gasteiger partial charge in [-0.05, 0) is 49.1 Å². The van der Waals surface area contributed by atoms with Crippen LogP contribution in [0.25, 0.3) is 5.69 Å². The van der Waals surface area contributed by atoms with Crippen LogP contribution in [0.4, 0.5) is 5.82 Å². The molecule has 32 heavy (non-hydrogen) atoms. The highest BCUT2D eigenvalue weighted by atomic mass is 35.5. The van der Waals surface area contributed by atoms with Crippen molar-refractivity contribution in [2.75, 3.05) is 37.6 Å². The average molecular weight is 452 g/mol. The van der Waals surface area contributed by atoms with Gasteiger partial charge >= 0.3 is 0 Å². The summed E-state index contributed by atoms with van der Waals surface area (Å²) in [4.78, 5) is 26.3. The standard InChI is InChI=1S/C24H26ClN5O2/c25-19-3-4-20(26-14-19)17-32-22-7-8-30(24(31)13-22)21-5-6-23(27-15-21)29-11-9-28(10-12-29)16-18-1-2-18/h3-8,13-15,18H,1-2,9-12,16-17H2. The summed E-state index contributed by atoms with van der Waals surface area (Å²) in [5.74, 6) is 2.39. The SMILES string of the molecule is O=c1cc(OCc2ccc(Cl)cn2)ccn1-c1ccc(N2CCN(CC3CC3)CC2)nc1. The van der Waals surface area contributed by atoms with E-state index in [-0.39, 0.29) is 12.2 Å². The van der Waals surface area contributed by atoms with Crippen LogP contribution >= 0.6 is 11.6 Å². The molecule has 166 valence electrons. The van der Waals surface area contributed by atoms with Crippen LogP contribution in [0.3, 0.4) is 0 Å². The lowest BCUT2D eigenvalue weighted by Crippen LogP contribution is -2.47. The van der Waals surface area contributed by atoms with Gasteiger partial charge in [-0.15, -0.1) is 0 Å². The average Bonchev–Trinajstić information content (AvgIpc) is 3.64. The summed E-state index contributed by atoms with van der Waals surface area (Å²) in [5, 5.41) is 0.576. The minimum absolute atomic E-state index is 0.171. The fourth-order valence-electron chi connectivity index (χ4n) is 3.95. The molecule has 1 aliphatic carbocycles. The number of rotatable bonds is 7. The van der Waals surface area contributed by atoms with E-state index in [9.17, 15) is 4.79 Å². The van der Waals surface area contributed by atoms with Gasteiger partial charge in [0.2, 0.25) is 0 Å². The zero-order valence-electron chi connectivity index (χ0n) is 17.9. The number of halogens is 1. The topological polar surface area (TPSA) is 63.5 Å².